The minimum atomic E-state index is -3.70. The second-order valence-corrected chi connectivity index (χ2v) is 8.13. The molecular formula is C22H22N2O3S. The predicted molar refractivity (Wildman–Crippen MR) is 111 cm³/mol. The molecule has 0 atom stereocenters. The molecule has 28 heavy (non-hydrogen) atoms. The molecule has 0 fully saturated rings. The van der Waals surface area contributed by atoms with Crippen molar-refractivity contribution in [2.75, 3.05) is 18.5 Å². The minimum Gasteiger partial charge on any atom is -0.311 e. The highest BCUT2D eigenvalue weighted by Gasteiger charge is 2.18. The molecule has 0 unspecified atom stereocenters. The van der Waals surface area contributed by atoms with E-state index in [2.05, 4.69) is 4.72 Å². The van der Waals surface area contributed by atoms with Gasteiger partial charge >= 0.3 is 0 Å². The Morgan fingerprint density at radius 3 is 2.21 bits per heavy atom. The van der Waals surface area contributed by atoms with Crippen molar-refractivity contribution in [1.29, 1.82) is 0 Å². The van der Waals surface area contributed by atoms with Gasteiger partial charge in [0.25, 0.3) is 5.91 Å². The monoisotopic (exact) mass is 394 g/mol. The van der Waals surface area contributed by atoms with Gasteiger partial charge < -0.3 is 4.90 Å². The fourth-order valence-electron chi connectivity index (χ4n) is 2.82. The van der Waals surface area contributed by atoms with Crippen LogP contribution in [0.15, 0.2) is 89.8 Å². The molecule has 0 aliphatic rings. The molecule has 1 amide bonds. The number of benzene rings is 3. The van der Waals surface area contributed by atoms with Crippen LogP contribution in [0, 0.1) is 0 Å². The lowest BCUT2D eigenvalue weighted by Gasteiger charge is -2.17. The van der Waals surface area contributed by atoms with E-state index in [1.807, 2.05) is 60.7 Å². The van der Waals surface area contributed by atoms with Gasteiger partial charge in [0, 0.05) is 24.8 Å². The first-order valence-electron chi connectivity index (χ1n) is 8.94. The first-order chi connectivity index (χ1) is 13.5. The van der Waals surface area contributed by atoms with Crippen molar-refractivity contribution in [1.82, 2.24) is 4.72 Å². The van der Waals surface area contributed by atoms with Crippen LogP contribution >= 0.6 is 0 Å². The highest BCUT2D eigenvalue weighted by molar-refractivity contribution is 7.89. The average Bonchev–Trinajstić information content (AvgIpc) is 2.74. The van der Waals surface area contributed by atoms with Gasteiger partial charge in [0.15, 0.2) is 0 Å². The van der Waals surface area contributed by atoms with Gasteiger partial charge in [-0.1, -0.05) is 54.6 Å². The van der Waals surface area contributed by atoms with Crippen LogP contribution in [-0.4, -0.2) is 27.9 Å². The topological polar surface area (TPSA) is 66.5 Å². The van der Waals surface area contributed by atoms with Gasteiger partial charge in [-0.3, -0.25) is 4.79 Å². The summed E-state index contributed by atoms with van der Waals surface area (Å²) in [5.74, 6) is -0.271. The molecule has 0 heterocycles. The Morgan fingerprint density at radius 2 is 1.54 bits per heavy atom. The van der Waals surface area contributed by atoms with Gasteiger partial charge in [-0.2, -0.15) is 0 Å². The number of carbonyl (C=O) groups excluding carboxylic acids is 1. The maximum Gasteiger partial charge on any atom is 0.258 e. The highest BCUT2D eigenvalue weighted by atomic mass is 32.2. The van der Waals surface area contributed by atoms with E-state index in [4.69, 9.17) is 0 Å². The van der Waals surface area contributed by atoms with Crippen molar-refractivity contribution in [3.63, 3.8) is 0 Å². The van der Waals surface area contributed by atoms with Crippen molar-refractivity contribution in [3.8, 4) is 0 Å². The number of rotatable bonds is 7. The molecule has 3 rings (SSSR count). The fourth-order valence-corrected chi connectivity index (χ4v) is 3.89. The lowest BCUT2D eigenvalue weighted by atomic mass is 10.2. The zero-order chi connectivity index (χ0) is 20.0. The van der Waals surface area contributed by atoms with E-state index in [9.17, 15) is 13.2 Å². The van der Waals surface area contributed by atoms with Gasteiger partial charge in [-0.05, 0) is 42.3 Å². The van der Waals surface area contributed by atoms with Gasteiger partial charge in [0.2, 0.25) is 10.0 Å². The summed E-state index contributed by atoms with van der Waals surface area (Å²) >= 11 is 0. The fraction of sp³-hybridized carbons (Fsp3) is 0.136. The summed E-state index contributed by atoms with van der Waals surface area (Å²) in [6.45, 7) is 0.286. The molecule has 0 bridgehead atoms. The number of anilines is 1. The number of sulfonamides is 1. The second kappa shape index (κ2) is 8.82. The van der Waals surface area contributed by atoms with Crippen molar-refractivity contribution in [2.45, 2.75) is 11.3 Å². The van der Waals surface area contributed by atoms with E-state index in [1.165, 1.54) is 17.0 Å². The first kappa shape index (κ1) is 19.8. The highest BCUT2D eigenvalue weighted by Crippen LogP contribution is 2.17. The molecule has 0 saturated carbocycles. The summed E-state index contributed by atoms with van der Waals surface area (Å²) in [6.07, 6.45) is 0.593. The molecule has 0 aromatic heterocycles. The van der Waals surface area contributed by atoms with Crippen LogP contribution < -0.4 is 9.62 Å². The number of nitrogens with one attached hydrogen (secondary N) is 1. The molecule has 0 radical (unpaired) electrons. The first-order valence-corrected chi connectivity index (χ1v) is 10.4. The van der Waals surface area contributed by atoms with Crippen molar-refractivity contribution in [2.24, 2.45) is 0 Å². The average molecular weight is 394 g/mol. The summed E-state index contributed by atoms with van der Waals surface area (Å²) < 4.78 is 27.8. The van der Waals surface area contributed by atoms with Crippen LogP contribution in [0.2, 0.25) is 0 Å². The molecule has 1 N–H and O–H groups in total. The Morgan fingerprint density at radius 1 is 0.893 bits per heavy atom. The van der Waals surface area contributed by atoms with E-state index in [-0.39, 0.29) is 17.3 Å². The third-order valence-electron chi connectivity index (χ3n) is 4.39. The molecule has 0 saturated heterocycles. The van der Waals surface area contributed by atoms with Gasteiger partial charge in [0.1, 0.15) is 0 Å². The quantitative estimate of drug-likeness (QED) is 0.667. The SMILES string of the molecule is CN(C(=O)c1cccc(S(=O)(=O)NCCc2ccccc2)c1)c1ccccc1. The van der Waals surface area contributed by atoms with Crippen LogP contribution in [0.25, 0.3) is 0 Å². The van der Waals surface area contributed by atoms with Crippen LogP contribution in [0.5, 0.6) is 0 Å². The Labute approximate surface area is 165 Å². The van der Waals surface area contributed by atoms with Crippen molar-refractivity contribution in [3.05, 3.63) is 96.1 Å². The Balaban J connectivity index is 1.71. The van der Waals surface area contributed by atoms with Crippen LogP contribution in [-0.2, 0) is 16.4 Å². The summed E-state index contributed by atoms with van der Waals surface area (Å²) in [5.41, 5.74) is 2.11. The van der Waals surface area contributed by atoms with E-state index >= 15 is 0 Å². The van der Waals surface area contributed by atoms with Crippen molar-refractivity contribution < 1.29 is 13.2 Å². The third kappa shape index (κ3) is 4.85. The molecule has 0 aliphatic heterocycles. The minimum absolute atomic E-state index is 0.0767. The van der Waals surface area contributed by atoms with Gasteiger partial charge in [-0.25, -0.2) is 13.1 Å². The van der Waals surface area contributed by atoms with E-state index < -0.39 is 10.0 Å². The molecule has 6 heteroatoms. The van der Waals surface area contributed by atoms with Gasteiger partial charge in [0.05, 0.1) is 4.90 Å². The van der Waals surface area contributed by atoms with Crippen LogP contribution in [0.4, 0.5) is 5.69 Å². The maximum absolute atomic E-state index is 12.7. The molecule has 0 aliphatic carbocycles. The predicted octanol–water partition coefficient (Wildman–Crippen LogP) is 3.48. The third-order valence-corrected chi connectivity index (χ3v) is 5.85. The molecule has 5 nitrogen and oxygen atoms in total. The maximum atomic E-state index is 12.7. The lowest BCUT2D eigenvalue weighted by molar-refractivity contribution is 0.0993. The zero-order valence-electron chi connectivity index (χ0n) is 15.6. The summed E-state index contributed by atoms with van der Waals surface area (Å²) in [4.78, 5) is 14.3. The Hall–Kier alpha value is -2.96. The molecular weight excluding hydrogens is 372 g/mol. The molecule has 144 valence electrons. The largest absolute Gasteiger partial charge is 0.311 e. The normalized spacial score (nSPS) is 11.2. The number of hydrogen-bond acceptors (Lipinski definition) is 3. The summed E-state index contributed by atoms with van der Waals surface area (Å²) in [5, 5.41) is 0. The smallest absolute Gasteiger partial charge is 0.258 e. The lowest BCUT2D eigenvalue weighted by Crippen LogP contribution is -2.28. The van der Waals surface area contributed by atoms with E-state index in [1.54, 1.807) is 19.2 Å². The molecule has 3 aromatic carbocycles. The van der Waals surface area contributed by atoms with Crippen molar-refractivity contribution >= 4 is 21.6 Å². The number of carbonyl (C=O) groups is 1. The molecule has 3 aromatic rings. The Kier molecular flexibility index (Phi) is 6.23. The van der Waals surface area contributed by atoms with Gasteiger partial charge in [-0.15, -0.1) is 0 Å². The van der Waals surface area contributed by atoms with Crippen LogP contribution in [0.3, 0.4) is 0 Å². The zero-order valence-corrected chi connectivity index (χ0v) is 16.4. The van der Waals surface area contributed by atoms with E-state index in [0.29, 0.717) is 12.0 Å². The second-order valence-electron chi connectivity index (χ2n) is 6.36. The number of nitrogens with zero attached hydrogens (tertiary/aromatic N) is 1. The number of para-hydroxylation sites is 1. The number of amides is 1. The molecule has 0 spiro atoms. The summed E-state index contributed by atoms with van der Waals surface area (Å²) in [7, 11) is -2.03. The summed E-state index contributed by atoms with van der Waals surface area (Å²) in [6, 6.07) is 25.0. The Bertz CT molecular complexity index is 1040. The van der Waals surface area contributed by atoms with E-state index in [0.717, 1.165) is 11.3 Å². The van der Waals surface area contributed by atoms with Crippen LogP contribution in [0.1, 0.15) is 15.9 Å². The number of hydrogen-bond donors (Lipinski definition) is 1. The standard InChI is InChI=1S/C22H22N2O3S/c1-24(20-12-6-3-7-13-20)22(25)19-11-8-14-21(17-19)28(26,27)23-16-15-18-9-4-2-5-10-18/h2-14,17,23H,15-16H2,1H3.